The van der Waals surface area contributed by atoms with Gasteiger partial charge >= 0.3 is 0 Å². The van der Waals surface area contributed by atoms with Crippen LogP contribution in [0.15, 0.2) is 10.6 Å². The Kier molecular flexibility index (Phi) is 4.58. The van der Waals surface area contributed by atoms with Crippen LogP contribution in [0.1, 0.15) is 33.5 Å². The zero-order valence-corrected chi connectivity index (χ0v) is 13.9. The number of hydrogen-bond acceptors (Lipinski definition) is 6. The molecule has 0 spiro atoms. The minimum Gasteiger partial charge on any atom is -0.362 e. The van der Waals surface area contributed by atoms with Crippen LogP contribution >= 0.6 is 0 Å². The van der Waals surface area contributed by atoms with Crippen LogP contribution in [-0.4, -0.2) is 63.4 Å². The number of carbonyl (C=O) groups is 1. The van der Waals surface area contributed by atoms with Gasteiger partial charge in [0.15, 0.2) is 11.6 Å². The van der Waals surface area contributed by atoms with E-state index in [9.17, 15) is 4.79 Å². The van der Waals surface area contributed by atoms with Crippen LogP contribution in [0.4, 0.5) is 0 Å². The highest BCUT2D eigenvalue weighted by Gasteiger charge is 2.22. The summed E-state index contributed by atoms with van der Waals surface area (Å²) >= 11 is 0. The van der Waals surface area contributed by atoms with E-state index in [1.807, 2.05) is 26.8 Å². The molecule has 1 saturated heterocycles. The standard InChI is InChI=1S/C16H23N5O2/c1-11-8-14(12(2)17-11)15(22)9-20-4-6-21(7-5-20)10-16-18-13(3)19-23-16/h8,17H,4-7,9-10H2,1-3H3. The van der Waals surface area contributed by atoms with E-state index in [0.29, 0.717) is 24.8 Å². The van der Waals surface area contributed by atoms with Gasteiger partial charge < -0.3 is 9.51 Å². The van der Waals surface area contributed by atoms with Crippen molar-refractivity contribution in [2.24, 2.45) is 0 Å². The lowest BCUT2D eigenvalue weighted by atomic mass is 10.1. The Bertz CT molecular complexity index is 682. The number of aromatic amines is 1. The number of ketones is 1. The van der Waals surface area contributed by atoms with Crippen molar-refractivity contribution in [1.29, 1.82) is 0 Å². The maximum atomic E-state index is 12.4. The molecule has 3 heterocycles. The Labute approximate surface area is 135 Å². The SMILES string of the molecule is Cc1noc(CN2CCN(CC(=O)c3cc(C)[nH]c3C)CC2)n1. The zero-order valence-electron chi connectivity index (χ0n) is 13.9. The molecule has 0 aromatic carbocycles. The van der Waals surface area contributed by atoms with Gasteiger partial charge in [-0.1, -0.05) is 5.16 Å². The van der Waals surface area contributed by atoms with Crippen LogP contribution in [0.2, 0.25) is 0 Å². The molecule has 1 aliphatic rings. The number of rotatable bonds is 5. The van der Waals surface area contributed by atoms with Gasteiger partial charge in [0, 0.05) is 43.1 Å². The Morgan fingerprint density at radius 2 is 1.91 bits per heavy atom. The van der Waals surface area contributed by atoms with E-state index in [1.165, 1.54) is 0 Å². The van der Waals surface area contributed by atoms with Crippen molar-refractivity contribution in [3.05, 3.63) is 34.7 Å². The molecule has 2 aromatic heterocycles. The van der Waals surface area contributed by atoms with Gasteiger partial charge in [0.25, 0.3) is 0 Å². The third kappa shape index (κ3) is 3.86. The second kappa shape index (κ2) is 6.64. The van der Waals surface area contributed by atoms with Crippen molar-refractivity contribution < 1.29 is 9.32 Å². The summed E-state index contributed by atoms with van der Waals surface area (Å²) in [5, 5.41) is 3.81. The van der Waals surface area contributed by atoms with E-state index >= 15 is 0 Å². The molecule has 1 fully saturated rings. The van der Waals surface area contributed by atoms with Crippen molar-refractivity contribution >= 4 is 5.78 Å². The molecule has 0 unspecified atom stereocenters. The molecular weight excluding hydrogens is 294 g/mol. The van der Waals surface area contributed by atoms with Crippen molar-refractivity contribution in [1.82, 2.24) is 24.9 Å². The Balaban J connectivity index is 1.49. The third-order valence-electron chi connectivity index (χ3n) is 4.21. The minimum atomic E-state index is 0.188. The van der Waals surface area contributed by atoms with Crippen LogP contribution in [0.3, 0.4) is 0 Å². The van der Waals surface area contributed by atoms with Gasteiger partial charge in [-0.15, -0.1) is 0 Å². The van der Waals surface area contributed by atoms with Crippen LogP contribution in [0, 0.1) is 20.8 Å². The first-order valence-corrected chi connectivity index (χ1v) is 7.94. The fraction of sp³-hybridized carbons (Fsp3) is 0.562. The first kappa shape index (κ1) is 15.9. The molecule has 124 valence electrons. The number of carbonyl (C=O) groups excluding carboxylic acids is 1. The highest BCUT2D eigenvalue weighted by atomic mass is 16.5. The van der Waals surface area contributed by atoms with Crippen molar-refractivity contribution in [2.75, 3.05) is 32.7 Å². The van der Waals surface area contributed by atoms with Crippen molar-refractivity contribution in [3.63, 3.8) is 0 Å². The van der Waals surface area contributed by atoms with Crippen LogP contribution < -0.4 is 0 Å². The molecule has 0 saturated carbocycles. The average Bonchev–Trinajstić information content (AvgIpc) is 3.06. The molecule has 23 heavy (non-hydrogen) atoms. The van der Waals surface area contributed by atoms with Gasteiger partial charge in [-0.3, -0.25) is 14.6 Å². The van der Waals surface area contributed by atoms with E-state index in [0.717, 1.165) is 43.1 Å². The van der Waals surface area contributed by atoms with Crippen molar-refractivity contribution in [2.45, 2.75) is 27.3 Å². The number of hydrogen-bond donors (Lipinski definition) is 1. The molecule has 1 aliphatic heterocycles. The smallest absolute Gasteiger partial charge is 0.240 e. The second-order valence-corrected chi connectivity index (χ2v) is 6.20. The molecular formula is C16H23N5O2. The van der Waals surface area contributed by atoms with Gasteiger partial charge in [-0.25, -0.2) is 0 Å². The molecule has 0 bridgehead atoms. The first-order valence-electron chi connectivity index (χ1n) is 7.94. The maximum absolute atomic E-state index is 12.4. The quantitative estimate of drug-likeness (QED) is 0.838. The van der Waals surface area contributed by atoms with Crippen LogP contribution in [0.5, 0.6) is 0 Å². The lowest BCUT2D eigenvalue weighted by Gasteiger charge is -2.33. The fourth-order valence-electron chi connectivity index (χ4n) is 3.00. The Morgan fingerprint density at radius 3 is 2.48 bits per heavy atom. The summed E-state index contributed by atoms with van der Waals surface area (Å²) in [4.78, 5) is 24.3. The molecule has 0 radical (unpaired) electrons. The number of H-pyrrole nitrogens is 1. The summed E-state index contributed by atoms with van der Waals surface area (Å²) in [6.45, 7) is 10.5. The second-order valence-electron chi connectivity index (χ2n) is 6.20. The topological polar surface area (TPSA) is 78.3 Å². The normalized spacial score (nSPS) is 16.8. The number of piperazine rings is 1. The van der Waals surface area contributed by atoms with Gasteiger partial charge in [0.05, 0.1) is 13.1 Å². The number of nitrogens with zero attached hydrogens (tertiary/aromatic N) is 4. The molecule has 3 rings (SSSR count). The molecule has 0 atom stereocenters. The summed E-state index contributed by atoms with van der Waals surface area (Å²) in [6.07, 6.45) is 0. The highest BCUT2D eigenvalue weighted by Crippen LogP contribution is 2.12. The predicted molar refractivity (Wildman–Crippen MR) is 85.3 cm³/mol. The minimum absolute atomic E-state index is 0.188. The van der Waals surface area contributed by atoms with Gasteiger partial charge in [0.2, 0.25) is 5.89 Å². The van der Waals surface area contributed by atoms with Gasteiger partial charge in [-0.05, 0) is 26.8 Å². The molecule has 2 aromatic rings. The predicted octanol–water partition coefficient (Wildman–Crippen LogP) is 1.32. The lowest BCUT2D eigenvalue weighted by Crippen LogP contribution is -2.47. The summed E-state index contributed by atoms with van der Waals surface area (Å²) in [6, 6.07) is 1.94. The molecule has 1 N–H and O–H groups in total. The highest BCUT2D eigenvalue weighted by molar-refractivity contribution is 5.98. The van der Waals surface area contributed by atoms with Crippen molar-refractivity contribution in [3.8, 4) is 0 Å². The van der Waals surface area contributed by atoms with Crippen LogP contribution in [-0.2, 0) is 6.54 Å². The van der Waals surface area contributed by atoms with Gasteiger partial charge in [0.1, 0.15) is 0 Å². The van der Waals surface area contributed by atoms with E-state index in [-0.39, 0.29) is 5.78 Å². The largest absolute Gasteiger partial charge is 0.362 e. The summed E-state index contributed by atoms with van der Waals surface area (Å²) in [5.74, 6) is 1.51. The van der Waals surface area contributed by atoms with E-state index in [4.69, 9.17) is 4.52 Å². The first-order chi connectivity index (χ1) is 11.0. The lowest BCUT2D eigenvalue weighted by molar-refractivity contribution is 0.0826. The third-order valence-corrected chi connectivity index (χ3v) is 4.21. The Hall–Kier alpha value is -1.99. The molecule has 7 heteroatoms. The van der Waals surface area contributed by atoms with E-state index < -0.39 is 0 Å². The molecule has 0 amide bonds. The Morgan fingerprint density at radius 1 is 1.22 bits per heavy atom. The van der Waals surface area contributed by atoms with Crippen LogP contribution in [0.25, 0.3) is 0 Å². The van der Waals surface area contributed by atoms with E-state index in [1.54, 1.807) is 0 Å². The van der Waals surface area contributed by atoms with Gasteiger partial charge in [-0.2, -0.15) is 4.98 Å². The fourth-order valence-corrected chi connectivity index (χ4v) is 3.00. The number of aromatic nitrogens is 3. The molecule has 0 aliphatic carbocycles. The number of Topliss-reactive ketones (excluding diaryl/α,β-unsaturated/α-hetero) is 1. The number of aryl methyl sites for hydroxylation is 3. The number of nitrogens with one attached hydrogen (secondary N) is 1. The monoisotopic (exact) mass is 317 g/mol. The maximum Gasteiger partial charge on any atom is 0.240 e. The molecule has 7 nitrogen and oxygen atoms in total. The summed E-state index contributed by atoms with van der Waals surface area (Å²) < 4.78 is 5.16. The summed E-state index contributed by atoms with van der Waals surface area (Å²) in [5.41, 5.74) is 2.80. The van der Waals surface area contributed by atoms with E-state index in [2.05, 4.69) is 24.9 Å². The average molecular weight is 317 g/mol. The summed E-state index contributed by atoms with van der Waals surface area (Å²) in [7, 11) is 0. The zero-order chi connectivity index (χ0) is 16.4.